The van der Waals surface area contributed by atoms with Crippen molar-refractivity contribution in [3.8, 4) is 0 Å². The largest absolute Gasteiger partial charge is 0.374 e. The Balaban J connectivity index is 2.98. The molecular formula is C20H40O2. The predicted octanol–water partition coefficient (Wildman–Crippen LogP) is 6.46. The lowest BCUT2D eigenvalue weighted by molar-refractivity contribution is -0.123. The van der Waals surface area contributed by atoms with Gasteiger partial charge < -0.3 is 4.74 Å². The number of carbonyl (C=O) groups excluding carboxylic acids is 1. The molecule has 0 N–H and O–H groups in total. The van der Waals surface area contributed by atoms with Gasteiger partial charge in [0.2, 0.25) is 0 Å². The molecule has 0 aliphatic carbocycles. The summed E-state index contributed by atoms with van der Waals surface area (Å²) < 4.78 is 5.34. The lowest BCUT2D eigenvalue weighted by Gasteiger charge is -2.04. The van der Waals surface area contributed by atoms with Crippen LogP contribution in [-0.2, 0) is 9.53 Å². The van der Waals surface area contributed by atoms with Crippen LogP contribution in [0.5, 0.6) is 0 Å². The van der Waals surface area contributed by atoms with E-state index in [1.54, 1.807) is 0 Å². The molecule has 0 rings (SSSR count). The van der Waals surface area contributed by atoms with Gasteiger partial charge in [-0.15, -0.1) is 0 Å². The molecule has 22 heavy (non-hydrogen) atoms. The topological polar surface area (TPSA) is 26.3 Å². The summed E-state index contributed by atoms with van der Waals surface area (Å²) in [5.41, 5.74) is 0. The highest BCUT2D eigenvalue weighted by Crippen LogP contribution is 2.12. The number of rotatable bonds is 18. The fraction of sp³-hybridized carbons (Fsp3) is 0.950. The van der Waals surface area contributed by atoms with Crippen molar-refractivity contribution in [1.82, 2.24) is 0 Å². The summed E-state index contributed by atoms with van der Waals surface area (Å²) in [4.78, 5) is 11.0. The molecule has 0 saturated heterocycles. The molecule has 0 heterocycles. The van der Waals surface area contributed by atoms with Crippen molar-refractivity contribution in [2.75, 3.05) is 13.2 Å². The van der Waals surface area contributed by atoms with Crippen LogP contribution in [-0.4, -0.2) is 19.0 Å². The average Bonchev–Trinajstić information content (AvgIpc) is 2.54. The molecule has 0 saturated carbocycles. The summed E-state index contributed by atoms with van der Waals surface area (Å²) in [5.74, 6) is 0.213. The summed E-state index contributed by atoms with van der Waals surface area (Å²) in [6, 6.07) is 0. The minimum absolute atomic E-state index is 0.213. The van der Waals surface area contributed by atoms with E-state index in [2.05, 4.69) is 6.92 Å². The Bertz CT molecular complexity index is 226. The van der Waals surface area contributed by atoms with Crippen molar-refractivity contribution in [2.45, 2.75) is 110 Å². The summed E-state index contributed by atoms with van der Waals surface area (Å²) in [5, 5.41) is 0. The Morgan fingerprint density at radius 3 is 1.45 bits per heavy atom. The van der Waals surface area contributed by atoms with Gasteiger partial charge in [-0.2, -0.15) is 0 Å². The SMILES string of the molecule is CCCCCCCCCCCCCCCCOCC(=O)CC. The number of hydrogen-bond acceptors (Lipinski definition) is 2. The zero-order chi connectivity index (χ0) is 16.3. The van der Waals surface area contributed by atoms with Crippen LogP contribution in [0.1, 0.15) is 110 Å². The maximum Gasteiger partial charge on any atom is 0.158 e. The molecule has 0 radical (unpaired) electrons. The van der Waals surface area contributed by atoms with Gasteiger partial charge in [-0.05, 0) is 6.42 Å². The fourth-order valence-electron chi connectivity index (χ4n) is 2.69. The molecule has 0 bridgehead atoms. The second kappa shape index (κ2) is 18.7. The molecule has 2 heteroatoms. The van der Waals surface area contributed by atoms with Crippen molar-refractivity contribution in [3.63, 3.8) is 0 Å². The van der Waals surface area contributed by atoms with E-state index in [0.29, 0.717) is 13.0 Å². The van der Waals surface area contributed by atoms with Gasteiger partial charge in [0, 0.05) is 13.0 Å². The van der Waals surface area contributed by atoms with Crippen molar-refractivity contribution in [2.24, 2.45) is 0 Å². The van der Waals surface area contributed by atoms with Crippen molar-refractivity contribution in [1.29, 1.82) is 0 Å². The average molecular weight is 313 g/mol. The van der Waals surface area contributed by atoms with E-state index in [-0.39, 0.29) is 5.78 Å². The first-order valence-corrected chi connectivity index (χ1v) is 9.90. The Morgan fingerprint density at radius 1 is 0.636 bits per heavy atom. The smallest absolute Gasteiger partial charge is 0.158 e. The van der Waals surface area contributed by atoms with Crippen LogP contribution in [0.2, 0.25) is 0 Å². The van der Waals surface area contributed by atoms with Gasteiger partial charge in [0.25, 0.3) is 0 Å². The van der Waals surface area contributed by atoms with E-state index in [4.69, 9.17) is 4.74 Å². The van der Waals surface area contributed by atoms with E-state index < -0.39 is 0 Å². The van der Waals surface area contributed by atoms with Crippen LogP contribution >= 0.6 is 0 Å². The molecule has 0 aliphatic rings. The summed E-state index contributed by atoms with van der Waals surface area (Å²) in [7, 11) is 0. The number of Topliss-reactive ketones (excluding diaryl/α,β-unsaturated/α-hetero) is 1. The molecule has 0 spiro atoms. The Hall–Kier alpha value is -0.370. The molecule has 0 aromatic rings. The first-order valence-electron chi connectivity index (χ1n) is 9.90. The molecular weight excluding hydrogens is 272 g/mol. The highest BCUT2D eigenvalue weighted by atomic mass is 16.5. The number of ether oxygens (including phenoxy) is 1. The van der Waals surface area contributed by atoms with Crippen molar-refractivity contribution >= 4 is 5.78 Å². The summed E-state index contributed by atoms with van der Waals surface area (Å²) in [6.45, 7) is 5.23. The minimum atomic E-state index is 0.213. The lowest BCUT2D eigenvalue weighted by Crippen LogP contribution is -2.07. The molecule has 0 aliphatic heterocycles. The Kier molecular flexibility index (Phi) is 18.4. The van der Waals surface area contributed by atoms with Crippen LogP contribution in [0.4, 0.5) is 0 Å². The number of unbranched alkanes of at least 4 members (excludes halogenated alkanes) is 13. The van der Waals surface area contributed by atoms with Crippen molar-refractivity contribution in [3.05, 3.63) is 0 Å². The van der Waals surface area contributed by atoms with E-state index in [1.807, 2.05) is 6.92 Å². The van der Waals surface area contributed by atoms with E-state index in [0.717, 1.165) is 13.0 Å². The predicted molar refractivity (Wildman–Crippen MR) is 96.4 cm³/mol. The van der Waals surface area contributed by atoms with Crippen LogP contribution in [0.25, 0.3) is 0 Å². The first kappa shape index (κ1) is 21.6. The monoisotopic (exact) mass is 312 g/mol. The molecule has 0 aromatic heterocycles. The Labute approximate surface area is 139 Å². The van der Waals surface area contributed by atoms with Crippen molar-refractivity contribution < 1.29 is 9.53 Å². The maximum absolute atomic E-state index is 11.0. The maximum atomic E-state index is 11.0. The van der Waals surface area contributed by atoms with Gasteiger partial charge in [0.1, 0.15) is 6.61 Å². The number of ketones is 1. The van der Waals surface area contributed by atoms with Gasteiger partial charge in [0.15, 0.2) is 5.78 Å². The van der Waals surface area contributed by atoms with Gasteiger partial charge in [-0.3, -0.25) is 4.79 Å². The highest BCUT2D eigenvalue weighted by molar-refractivity contribution is 5.79. The highest BCUT2D eigenvalue weighted by Gasteiger charge is 1.97. The molecule has 0 atom stereocenters. The van der Waals surface area contributed by atoms with Gasteiger partial charge >= 0.3 is 0 Å². The third-order valence-corrected chi connectivity index (χ3v) is 4.30. The summed E-state index contributed by atoms with van der Waals surface area (Å²) >= 11 is 0. The zero-order valence-corrected chi connectivity index (χ0v) is 15.3. The molecule has 0 amide bonds. The van der Waals surface area contributed by atoms with E-state index in [9.17, 15) is 4.79 Å². The molecule has 0 fully saturated rings. The third kappa shape index (κ3) is 17.7. The van der Waals surface area contributed by atoms with Crippen LogP contribution in [0.3, 0.4) is 0 Å². The normalized spacial score (nSPS) is 11.0. The standard InChI is InChI=1S/C20H40O2/c1-3-5-6-7-8-9-10-11-12-13-14-15-16-17-18-22-19-20(21)4-2/h3-19H2,1-2H3. The lowest BCUT2D eigenvalue weighted by atomic mass is 10.0. The number of carbonyl (C=O) groups is 1. The quantitative estimate of drug-likeness (QED) is 0.271. The molecule has 0 unspecified atom stereocenters. The van der Waals surface area contributed by atoms with Gasteiger partial charge in [-0.25, -0.2) is 0 Å². The fourth-order valence-corrected chi connectivity index (χ4v) is 2.69. The molecule has 0 aromatic carbocycles. The van der Waals surface area contributed by atoms with E-state index in [1.165, 1.54) is 83.5 Å². The van der Waals surface area contributed by atoms with E-state index >= 15 is 0 Å². The van der Waals surface area contributed by atoms with Gasteiger partial charge in [-0.1, -0.05) is 97.3 Å². The Morgan fingerprint density at radius 2 is 1.05 bits per heavy atom. The second-order valence-electron chi connectivity index (χ2n) is 6.54. The van der Waals surface area contributed by atoms with Crippen LogP contribution < -0.4 is 0 Å². The summed E-state index contributed by atoms with van der Waals surface area (Å²) in [6.07, 6.45) is 19.8. The minimum Gasteiger partial charge on any atom is -0.374 e. The third-order valence-electron chi connectivity index (χ3n) is 4.30. The zero-order valence-electron chi connectivity index (χ0n) is 15.3. The molecule has 2 nitrogen and oxygen atoms in total. The second-order valence-corrected chi connectivity index (χ2v) is 6.54. The van der Waals surface area contributed by atoms with Crippen LogP contribution in [0.15, 0.2) is 0 Å². The van der Waals surface area contributed by atoms with Gasteiger partial charge in [0.05, 0.1) is 0 Å². The van der Waals surface area contributed by atoms with Crippen LogP contribution in [0, 0.1) is 0 Å². The number of hydrogen-bond donors (Lipinski definition) is 0. The molecule has 132 valence electrons. The first-order chi connectivity index (χ1) is 10.8.